The lowest BCUT2D eigenvalue weighted by molar-refractivity contribution is 0.0846. The minimum atomic E-state index is -1.20. The Morgan fingerprint density at radius 2 is 1.72 bits per heavy atom. The van der Waals surface area contributed by atoms with Crippen LogP contribution in [0.25, 0.3) is 45.6 Å². The predicted molar refractivity (Wildman–Crippen MR) is 188 cm³/mol. The Balaban J connectivity index is 1.17. The largest absolute Gasteiger partial charge is 0.378 e. The van der Waals surface area contributed by atoms with Crippen molar-refractivity contribution >= 4 is 42.6 Å². The van der Waals surface area contributed by atoms with Gasteiger partial charge < -0.3 is 14.4 Å². The maximum atomic E-state index is 13.1. The van der Waals surface area contributed by atoms with Crippen LogP contribution in [0.4, 0.5) is 5.82 Å². The molecule has 0 N–H and O–H groups in total. The summed E-state index contributed by atoms with van der Waals surface area (Å²) in [5, 5.41) is 5.44. The zero-order valence-electron chi connectivity index (χ0n) is 26.9. The van der Waals surface area contributed by atoms with E-state index >= 15 is 0 Å². The fraction of sp³-hybridized carbons (Fsp3) is 0.286. The lowest BCUT2D eigenvalue weighted by atomic mass is 10.1. The highest BCUT2D eigenvalue weighted by Gasteiger charge is 2.20. The molecule has 0 radical (unpaired) electrons. The van der Waals surface area contributed by atoms with Gasteiger partial charge in [0.1, 0.15) is 13.1 Å². The van der Waals surface area contributed by atoms with Gasteiger partial charge in [0, 0.05) is 44.9 Å². The first-order chi connectivity index (χ1) is 22.8. The van der Waals surface area contributed by atoms with Gasteiger partial charge in [-0.25, -0.2) is 19.7 Å². The maximum Gasteiger partial charge on any atom is 0.352 e. The summed E-state index contributed by atoms with van der Waals surface area (Å²) in [4.78, 5) is 29.9. The zero-order valence-corrected chi connectivity index (χ0v) is 27.9. The molecule has 0 aliphatic carbocycles. The second-order valence-electron chi connectivity index (χ2n) is 12.9. The molecule has 240 valence electrons. The van der Waals surface area contributed by atoms with Gasteiger partial charge in [-0.05, 0) is 42.5 Å². The Morgan fingerprint density at radius 1 is 0.936 bits per heavy atom. The van der Waals surface area contributed by atoms with Crippen LogP contribution in [0.5, 0.6) is 0 Å². The third-order valence-electron chi connectivity index (χ3n) is 8.22. The summed E-state index contributed by atoms with van der Waals surface area (Å²) in [7, 11) is -1.20. The van der Waals surface area contributed by atoms with E-state index in [1.807, 2.05) is 73.1 Å². The van der Waals surface area contributed by atoms with Crippen molar-refractivity contribution in [2.24, 2.45) is 0 Å². The molecule has 0 atom stereocenters. The molecule has 1 saturated heterocycles. The number of para-hydroxylation sites is 1. The molecular weight excluding hydrogens is 609 g/mol. The van der Waals surface area contributed by atoms with Crippen LogP contribution in [0.15, 0.2) is 84.2 Å². The highest BCUT2D eigenvalue weighted by atomic mass is 28.3. The van der Waals surface area contributed by atoms with Gasteiger partial charge in [-0.2, -0.15) is 9.78 Å². The van der Waals surface area contributed by atoms with E-state index in [2.05, 4.69) is 46.2 Å². The van der Waals surface area contributed by atoms with Gasteiger partial charge in [0.15, 0.2) is 11.5 Å². The number of pyridine rings is 1. The molecule has 1 aliphatic rings. The number of aromatic nitrogens is 7. The fourth-order valence-corrected chi connectivity index (χ4v) is 6.29. The SMILES string of the molecule is C[Si](C)(C)CCOCn1cnn(-c2ccc(-c3cnc(N4CCOCC4)c4nc(/C=C/c5ccc6ccccc6n5)cn34)cc2)c1=O. The fourth-order valence-electron chi connectivity index (χ4n) is 5.53. The molecule has 11 nitrogen and oxygen atoms in total. The molecule has 47 heavy (non-hydrogen) atoms. The van der Waals surface area contributed by atoms with Gasteiger partial charge in [0.05, 0.1) is 47.7 Å². The summed E-state index contributed by atoms with van der Waals surface area (Å²) in [5.41, 5.74) is 5.63. The highest BCUT2D eigenvalue weighted by Crippen LogP contribution is 2.28. The number of rotatable bonds is 10. The molecule has 5 heterocycles. The van der Waals surface area contributed by atoms with Gasteiger partial charge in [-0.3, -0.25) is 8.97 Å². The first-order valence-corrected chi connectivity index (χ1v) is 19.6. The Kier molecular flexibility index (Phi) is 8.54. The van der Waals surface area contributed by atoms with Gasteiger partial charge >= 0.3 is 5.69 Å². The van der Waals surface area contributed by atoms with Gasteiger partial charge in [-0.1, -0.05) is 56.0 Å². The molecule has 1 aliphatic heterocycles. The number of ether oxygens (including phenoxy) is 2. The molecule has 0 spiro atoms. The van der Waals surface area contributed by atoms with Crippen molar-refractivity contribution in [3.8, 4) is 16.9 Å². The van der Waals surface area contributed by atoms with Crippen LogP contribution in [0, 0.1) is 0 Å². The van der Waals surface area contributed by atoms with Crippen LogP contribution in [0.3, 0.4) is 0 Å². The van der Waals surface area contributed by atoms with Gasteiger partial charge in [-0.15, -0.1) is 0 Å². The molecule has 1 fully saturated rings. The van der Waals surface area contributed by atoms with Crippen LogP contribution in [-0.4, -0.2) is 74.7 Å². The average Bonchev–Trinajstić information content (AvgIpc) is 3.68. The van der Waals surface area contributed by atoms with E-state index < -0.39 is 8.07 Å². The van der Waals surface area contributed by atoms with Crippen molar-refractivity contribution in [3.05, 3.63) is 101 Å². The second kappa shape index (κ2) is 13.1. The van der Waals surface area contributed by atoms with Crippen molar-refractivity contribution in [2.45, 2.75) is 32.4 Å². The van der Waals surface area contributed by atoms with E-state index in [1.54, 1.807) is 0 Å². The van der Waals surface area contributed by atoms with E-state index in [0.717, 1.165) is 64.1 Å². The number of nitrogens with zero attached hydrogens (tertiary/aromatic N) is 8. The van der Waals surface area contributed by atoms with Gasteiger partial charge in [0.25, 0.3) is 0 Å². The number of morpholine rings is 1. The van der Waals surface area contributed by atoms with Gasteiger partial charge in [0.2, 0.25) is 0 Å². The zero-order chi connectivity index (χ0) is 32.4. The maximum absolute atomic E-state index is 13.1. The lowest BCUT2D eigenvalue weighted by Crippen LogP contribution is -2.37. The molecular formula is C35H38N8O3Si. The number of imidazole rings is 1. The van der Waals surface area contributed by atoms with E-state index in [9.17, 15) is 4.79 Å². The summed E-state index contributed by atoms with van der Waals surface area (Å²) in [6, 6.07) is 21.0. The summed E-state index contributed by atoms with van der Waals surface area (Å²) in [6.45, 7) is 10.5. The standard InChI is InChI=1S/C35H38N8O3Si/c1-47(2,3)21-20-46-25-41-24-37-43(35(41)44)30-14-9-27(10-15-30)32-22-36-33(40-16-18-45-19-17-40)34-39-29(23-42(32)34)13-12-28-11-8-26-6-4-5-7-31(26)38-28/h4-15,22-24H,16-21,25H2,1-3H3/b13-12+. The summed E-state index contributed by atoms with van der Waals surface area (Å²) < 4.78 is 16.3. The molecule has 7 rings (SSSR count). The molecule has 2 aromatic carbocycles. The number of hydrogen-bond donors (Lipinski definition) is 0. The molecule has 4 aromatic heterocycles. The van der Waals surface area contributed by atoms with E-state index in [4.69, 9.17) is 24.4 Å². The highest BCUT2D eigenvalue weighted by molar-refractivity contribution is 6.76. The van der Waals surface area contributed by atoms with Crippen LogP contribution >= 0.6 is 0 Å². The Bertz CT molecular complexity index is 2100. The second-order valence-corrected chi connectivity index (χ2v) is 18.5. The molecule has 6 aromatic rings. The normalized spacial score (nSPS) is 14.1. The number of anilines is 1. The van der Waals surface area contributed by atoms with E-state index in [-0.39, 0.29) is 12.4 Å². The number of benzene rings is 2. The molecule has 0 unspecified atom stereocenters. The van der Waals surface area contributed by atoms with Crippen LogP contribution in [0.1, 0.15) is 11.4 Å². The monoisotopic (exact) mass is 646 g/mol. The average molecular weight is 647 g/mol. The Labute approximate surface area is 273 Å². The summed E-state index contributed by atoms with van der Waals surface area (Å²) >= 11 is 0. The quantitative estimate of drug-likeness (QED) is 0.140. The van der Waals surface area contributed by atoms with Crippen LogP contribution in [-0.2, 0) is 16.2 Å². The number of hydrogen-bond acceptors (Lipinski definition) is 8. The molecule has 0 bridgehead atoms. The topological polar surface area (TPSA) is 105 Å². The van der Waals surface area contributed by atoms with E-state index in [1.165, 1.54) is 15.6 Å². The van der Waals surface area contributed by atoms with Crippen molar-refractivity contribution in [3.63, 3.8) is 0 Å². The van der Waals surface area contributed by atoms with Crippen molar-refractivity contribution in [1.29, 1.82) is 0 Å². The smallest absolute Gasteiger partial charge is 0.352 e. The van der Waals surface area contributed by atoms with Crippen LogP contribution in [0.2, 0.25) is 25.7 Å². The number of fused-ring (bicyclic) bond motifs is 2. The third-order valence-corrected chi connectivity index (χ3v) is 9.92. The van der Waals surface area contributed by atoms with Crippen LogP contribution < -0.4 is 10.6 Å². The minimum absolute atomic E-state index is 0.189. The first-order valence-electron chi connectivity index (χ1n) is 15.9. The predicted octanol–water partition coefficient (Wildman–Crippen LogP) is 5.61. The molecule has 0 amide bonds. The van der Waals surface area contributed by atoms with Crippen molar-refractivity contribution in [1.82, 2.24) is 33.7 Å². The third kappa shape index (κ3) is 6.80. The summed E-state index contributed by atoms with van der Waals surface area (Å²) in [6.07, 6.45) is 9.40. The summed E-state index contributed by atoms with van der Waals surface area (Å²) in [5.74, 6) is 0.821. The Morgan fingerprint density at radius 3 is 2.53 bits per heavy atom. The lowest BCUT2D eigenvalue weighted by Gasteiger charge is -2.28. The molecule has 12 heteroatoms. The first kappa shape index (κ1) is 30.7. The van der Waals surface area contributed by atoms with Crippen molar-refractivity contribution in [2.75, 3.05) is 37.8 Å². The molecule has 0 saturated carbocycles. The van der Waals surface area contributed by atoms with E-state index in [0.29, 0.717) is 25.5 Å². The Hall–Kier alpha value is -4.91. The minimum Gasteiger partial charge on any atom is -0.378 e. The van der Waals surface area contributed by atoms with Crippen molar-refractivity contribution < 1.29 is 9.47 Å².